The number of hydrogen-bond acceptors (Lipinski definition) is 4. The summed E-state index contributed by atoms with van der Waals surface area (Å²) in [5.74, 6) is 0.374. The van der Waals surface area contributed by atoms with Crippen LogP contribution in [0.25, 0.3) is 0 Å². The van der Waals surface area contributed by atoms with E-state index in [2.05, 4.69) is 0 Å². The van der Waals surface area contributed by atoms with Crippen LogP contribution in [0.4, 0.5) is 0 Å². The van der Waals surface area contributed by atoms with Gasteiger partial charge in [0.1, 0.15) is 6.10 Å². The van der Waals surface area contributed by atoms with Crippen LogP contribution < -0.4 is 0 Å². The first-order chi connectivity index (χ1) is 9.60. The smallest absolute Gasteiger partial charge is 0.233 e. The highest BCUT2D eigenvalue weighted by molar-refractivity contribution is 8.00. The van der Waals surface area contributed by atoms with Crippen LogP contribution >= 0.6 is 23.4 Å². The molecule has 0 aliphatic carbocycles. The van der Waals surface area contributed by atoms with Crippen molar-refractivity contribution in [3.63, 3.8) is 0 Å². The Hall–Kier alpha value is -0.750. The number of likely N-dealkylation sites (tertiary alicyclic amines) is 1. The van der Waals surface area contributed by atoms with Gasteiger partial charge in [-0.3, -0.25) is 4.79 Å². The lowest BCUT2D eigenvalue weighted by Crippen LogP contribution is -2.31. The third kappa shape index (κ3) is 4.12. The molecule has 1 N–H and O–H groups in total. The Morgan fingerprint density at radius 3 is 2.80 bits per heavy atom. The second-order valence-electron chi connectivity index (χ2n) is 4.60. The maximum atomic E-state index is 12.1. The van der Waals surface area contributed by atoms with Gasteiger partial charge in [-0.1, -0.05) is 11.6 Å². The fourth-order valence-corrected chi connectivity index (χ4v) is 3.03. The Balaban J connectivity index is 1.82. The number of carbonyl (C=O) groups is 1. The number of hydrogen-bond donors (Lipinski definition) is 1. The van der Waals surface area contributed by atoms with E-state index in [1.807, 2.05) is 19.1 Å². The molecule has 110 valence electrons. The third-order valence-electron chi connectivity index (χ3n) is 3.15. The van der Waals surface area contributed by atoms with Crippen LogP contribution in [0.1, 0.15) is 6.92 Å². The van der Waals surface area contributed by atoms with E-state index in [4.69, 9.17) is 16.3 Å². The summed E-state index contributed by atoms with van der Waals surface area (Å²) < 4.78 is 5.41. The first-order valence-corrected chi connectivity index (χ1v) is 7.92. The summed E-state index contributed by atoms with van der Waals surface area (Å²) in [7, 11) is 0. The van der Waals surface area contributed by atoms with Crippen LogP contribution in [0, 0.1) is 0 Å². The fraction of sp³-hybridized carbons (Fsp3) is 0.500. The number of thioether (sulfide) groups is 1. The summed E-state index contributed by atoms with van der Waals surface area (Å²) in [5, 5.41) is 10.5. The molecule has 1 aliphatic heterocycles. The van der Waals surface area contributed by atoms with Crippen molar-refractivity contribution in [1.82, 2.24) is 4.90 Å². The van der Waals surface area contributed by atoms with E-state index in [0.29, 0.717) is 30.5 Å². The average Bonchev–Trinajstić information content (AvgIpc) is 2.80. The van der Waals surface area contributed by atoms with Crippen molar-refractivity contribution in [3.8, 4) is 0 Å². The van der Waals surface area contributed by atoms with Crippen molar-refractivity contribution >= 4 is 29.3 Å². The molecular formula is C14H18ClNO3S. The highest BCUT2D eigenvalue weighted by Gasteiger charge is 2.34. The Morgan fingerprint density at radius 1 is 1.45 bits per heavy atom. The van der Waals surface area contributed by atoms with Crippen molar-refractivity contribution in [1.29, 1.82) is 0 Å². The molecule has 1 fully saturated rings. The van der Waals surface area contributed by atoms with E-state index >= 15 is 0 Å². The number of aliphatic hydroxyl groups excluding tert-OH is 1. The van der Waals surface area contributed by atoms with Crippen LogP contribution in [-0.4, -0.2) is 53.6 Å². The predicted octanol–water partition coefficient (Wildman–Crippen LogP) is 2.04. The summed E-state index contributed by atoms with van der Waals surface area (Å²) >= 11 is 7.28. The number of benzene rings is 1. The van der Waals surface area contributed by atoms with Gasteiger partial charge in [-0.05, 0) is 31.2 Å². The van der Waals surface area contributed by atoms with Gasteiger partial charge in [-0.2, -0.15) is 0 Å². The molecule has 0 bridgehead atoms. The average molecular weight is 316 g/mol. The molecule has 1 amide bonds. The molecule has 1 aliphatic rings. The second kappa shape index (κ2) is 7.31. The topological polar surface area (TPSA) is 49.8 Å². The van der Waals surface area contributed by atoms with Crippen molar-refractivity contribution < 1.29 is 14.6 Å². The summed E-state index contributed by atoms with van der Waals surface area (Å²) in [4.78, 5) is 14.8. The lowest BCUT2D eigenvalue weighted by molar-refractivity contribution is -0.127. The lowest BCUT2D eigenvalue weighted by Gasteiger charge is -2.15. The molecule has 1 aromatic carbocycles. The minimum atomic E-state index is -0.584. The summed E-state index contributed by atoms with van der Waals surface area (Å²) in [6.45, 7) is 3.25. The largest absolute Gasteiger partial charge is 0.388 e. The van der Waals surface area contributed by atoms with Crippen LogP contribution in [0.5, 0.6) is 0 Å². The zero-order valence-corrected chi connectivity index (χ0v) is 12.9. The summed E-state index contributed by atoms with van der Waals surface area (Å²) in [6, 6.07) is 7.39. The van der Waals surface area contributed by atoms with Gasteiger partial charge < -0.3 is 14.7 Å². The molecule has 20 heavy (non-hydrogen) atoms. The van der Waals surface area contributed by atoms with Crippen molar-refractivity contribution in [2.45, 2.75) is 24.0 Å². The molecule has 2 atom stereocenters. The first-order valence-electron chi connectivity index (χ1n) is 6.56. The highest BCUT2D eigenvalue weighted by atomic mass is 35.5. The minimum Gasteiger partial charge on any atom is -0.388 e. The molecule has 0 aromatic heterocycles. The van der Waals surface area contributed by atoms with Gasteiger partial charge in [-0.25, -0.2) is 0 Å². The fourth-order valence-electron chi connectivity index (χ4n) is 2.11. The van der Waals surface area contributed by atoms with E-state index in [0.717, 1.165) is 4.90 Å². The quantitative estimate of drug-likeness (QED) is 0.845. The Labute approximate surface area is 128 Å². The van der Waals surface area contributed by atoms with Crippen LogP contribution in [-0.2, 0) is 9.53 Å². The van der Waals surface area contributed by atoms with E-state index in [-0.39, 0.29) is 12.0 Å². The molecule has 1 heterocycles. The zero-order valence-electron chi connectivity index (χ0n) is 11.3. The maximum absolute atomic E-state index is 12.1. The molecule has 0 unspecified atom stereocenters. The second-order valence-corrected chi connectivity index (χ2v) is 6.09. The normalized spacial score (nSPS) is 22.2. The van der Waals surface area contributed by atoms with Crippen LogP contribution in [0.3, 0.4) is 0 Å². The van der Waals surface area contributed by atoms with Gasteiger partial charge >= 0.3 is 0 Å². The molecule has 2 rings (SSSR count). The summed E-state index contributed by atoms with van der Waals surface area (Å²) in [5.41, 5.74) is 0. The minimum absolute atomic E-state index is 0.0196. The van der Waals surface area contributed by atoms with E-state index < -0.39 is 6.10 Å². The molecule has 6 heteroatoms. The highest BCUT2D eigenvalue weighted by Crippen LogP contribution is 2.22. The number of amides is 1. The lowest BCUT2D eigenvalue weighted by atomic mass is 10.3. The van der Waals surface area contributed by atoms with Gasteiger partial charge in [0.2, 0.25) is 5.91 Å². The third-order valence-corrected chi connectivity index (χ3v) is 4.40. The zero-order chi connectivity index (χ0) is 14.5. The van der Waals surface area contributed by atoms with Crippen LogP contribution in [0.15, 0.2) is 29.2 Å². The van der Waals surface area contributed by atoms with Gasteiger partial charge in [0.15, 0.2) is 0 Å². The van der Waals surface area contributed by atoms with Gasteiger partial charge in [-0.15, -0.1) is 11.8 Å². The number of ether oxygens (including phenoxy) is 1. The van der Waals surface area contributed by atoms with Crippen molar-refractivity contribution in [2.75, 3.05) is 25.4 Å². The van der Waals surface area contributed by atoms with Gasteiger partial charge in [0.05, 0.1) is 11.9 Å². The molecule has 0 saturated carbocycles. The van der Waals surface area contributed by atoms with E-state index in [1.165, 1.54) is 11.8 Å². The molecule has 0 spiro atoms. The van der Waals surface area contributed by atoms with E-state index in [1.54, 1.807) is 17.0 Å². The SMILES string of the molecule is CCO[C@H]1CN(C(=O)CSc2ccc(Cl)cc2)C[C@@H]1O. The molecule has 1 saturated heterocycles. The molecule has 0 radical (unpaired) electrons. The number of carbonyl (C=O) groups excluding carboxylic acids is 1. The number of aliphatic hydroxyl groups is 1. The van der Waals surface area contributed by atoms with E-state index in [9.17, 15) is 9.90 Å². The number of halogens is 1. The Kier molecular flexibility index (Phi) is 5.72. The standard InChI is InChI=1S/C14H18ClNO3S/c1-2-19-13-8-16(7-12(13)17)14(18)9-20-11-5-3-10(15)4-6-11/h3-6,12-13,17H,2,7-9H2,1H3/t12-,13-/m0/s1. The molecule has 4 nitrogen and oxygen atoms in total. The summed E-state index contributed by atoms with van der Waals surface area (Å²) in [6.07, 6.45) is -0.844. The van der Waals surface area contributed by atoms with Gasteiger partial charge in [0.25, 0.3) is 0 Å². The number of β-amino-alcohol motifs (C(OH)–C–C–N with tert-alkyl or cyclic N) is 1. The number of rotatable bonds is 5. The molecular weight excluding hydrogens is 298 g/mol. The Bertz CT molecular complexity index is 454. The molecule has 1 aromatic rings. The number of nitrogens with zero attached hydrogens (tertiary/aromatic N) is 1. The predicted molar refractivity (Wildman–Crippen MR) is 80.2 cm³/mol. The maximum Gasteiger partial charge on any atom is 0.233 e. The Morgan fingerprint density at radius 2 is 2.15 bits per heavy atom. The van der Waals surface area contributed by atoms with Crippen molar-refractivity contribution in [3.05, 3.63) is 29.3 Å². The first kappa shape index (κ1) is 15.6. The van der Waals surface area contributed by atoms with Crippen LogP contribution in [0.2, 0.25) is 5.02 Å². The van der Waals surface area contributed by atoms with Gasteiger partial charge in [0, 0.05) is 29.6 Å². The van der Waals surface area contributed by atoms with Crippen molar-refractivity contribution in [2.24, 2.45) is 0 Å². The monoisotopic (exact) mass is 315 g/mol.